The average molecular weight is 1120 g/mol. The third-order valence-electron chi connectivity index (χ3n) is 17.4. The van der Waals surface area contributed by atoms with Crippen LogP contribution in [-0.4, -0.2) is 143 Å². The zero-order chi connectivity index (χ0) is 56.9. The topological polar surface area (TPSA) is 253 Å². The highest BCUT2D eigenvalue weighted by atomic mass is 16.7. The van der Waals surface area contributed by atoms with Crippen molar-refractivity contribution in [3.8, 4) is 11.3 Å². The first-order chi connectivity index (χ1) is 38.5. The fourth-order valence-electron chi connectivity index (χ4n) is 12.0. The highest BCUT2D eigenvalue weighted by molar-refractivity contribution is 5.60. The van der Waals surface area contributed by atoms with Gasteiger partial charge in [-0.05, 0) is 50.2 Å². The van der Waals surface area contributed by atoms with Crippen molar-refractivity contribution in [3.05, 3.63) is 41.6 Å². The van der Waals surface area contributed by atoms with Gasteiger partial charge in [-0.25, -0.2) is 0 Å². The number of rotatable bonds is 49. The zero-order valence-corrected chi connectivity index (χ0v) is 49.5. The summed E-state index contributed by atoms with van der Waals surface area (Å²) in [5.41, 5.74) is 10.4. The van der Waals surface area contributed by atoms with Crippen LogP contribution >= 0.6 is 0 Å². The Morgan fingerprint density at radius 1 is 0.570 bits per heavy atom. The molecule has 3 heterocycles. The number of aromatic nitrogens is 2. The number of aromatic amines is 1. The number of H-pyrrole nitrogens is 1. The highest BCUT2D eigenvalue weighted by Gasteiger charge is 2.45. The Labute approximate surface area is 477 Å². The van der Waals surface area contributed by atoms with E-state index in [0.29, 0.717) is 18.5 Å². The largest absolute Gasteiger partial charge is 0.396 e. The smallest absolute Gasteiger partial charge is 0.186 e. The van der Waals surface area contributed by atoms with Gasteiger partial charge in [0.15, 0.2) is 6.29 Å². The molecule has 12 N–H and O–H groups in total. The Morgan fingerprint density at radius 3 is 1.56 bits per heavy atom. The van der Waals surface area contributed by atoms with Crippen LogP contribution in [0.5, 0.6) is 0 Å². The maximum Gasteiger partial charge on any atom is 0.186 e. The van der Waals surface area contributed by atoms with Crippen molar-refractivity contribution >= 4 is 0 Å². The summed E-state index contributed by atoms with van der Waals surface area (Å²) in [6, 6.07) is 10.3. The molecule has 0 radical (unpaired) electrons. The number of aliphatic hydroxyl groups excluding tert-OH is 9. The molecule has 458 valence electrons. The summed E-state index contributed by atoms with van der Waals surface area (Å²) in [6.07, 6.45) is 31.4. The van der Waals surface area contributed by atoms with Crippen molar-refractivity contribution < 1.29 is 55.4 Å². The number of aryl methyl sites for hydroxylation is 1. The lowest BCUT2D eigenvalue weighted by Crippen LogP contribution is -2.59. The van der Waals surface area contributed by atoms with E-state index in [1.807, 2.05) is 6.07 Å². The molecule has 0 saturated carbocycles. The predicted octanol–water partition coefficient (Wildman–Crippen LogP) is 10.5. The molecule has 2 aliphatic rings. The highest BCUT2D eigenvalue weighted by Crippen LogP contribution is 2.30. The molecule has 79 heavy (non-hydrogen) atoms. The molecule has 13 atom stereocenters. The van der Waals surface area contributed by atoms with Gasteiger partial charge >= 0.3 is 0 Å². The number of nitrogens with zero attached hydrogens (tertiary/aromatic N) is 1. The van der Waals surface area contributed by atoms with Gasteiger partial charge in [-0.2, -0.15) is 5.10 Å². The molecule has 7 unspecified atom stereocenters. The Bertz CT molecular complexity index is 1740. The Balaban J connectivity index is 1.08. The van der Waals surface area contributed by atoms with E-state index in [0.717, 1.165) is 88.3 Å². The second kappa shape index (κ2) is 42.7. The third-order valence-corrected chi connectivity index (χ3v) is 17.4. The summed E-state index contributed by atoms with van der Waals surface area (Å²) in [4.78, 5) is 0. The summed E-state index contributed by atoms with van der Waals surface area (Å²) in [6.45, 7) is 3.59. The van der Waals surface area contributed by atoms with E-state index in [9.17, 15) is 46.0 Å². The minimum atomic E-state index is -1.57. The minimum Gasteiger partial charge on any atom is -0.396 e. The van der Waals surface area contributed by atoms with E-state index >= 15 is 0 Å². The van der Waals surface area contributed by atoms with Crippen molar-refractivity contribution in [2.75, 3.05) is 19.8 Å². The molecule has 2 aromatic rings. The van der Waals surface area contributed by atoms with Crippen LogP contribution in [0.1, 0.15) is 262 Å². The van der Waals surface area contributed by atoms with Crippen molar-refractivity contribution in [3.63, 3.8) is 0 Å². The molecule has 1 aromatic heterocycles. The van der Waals surface area contributed by atoms with E-state index in [4.69, 9.17) is 9.47 Å². The van der Waals surface area contributed by atoms with Crippen LogP contribution < -0.4 is 10.9 Å². The number of ether oxygens (including phenoxy) is 2. The minimum absolute atomic E-state index is 0.0718. The molecule has 0 spiro atoms. The number of hydrazine groups is 1. The van der Waals surface area contributed by atoms with Crippen LogP contribution in [0.25, 0.3) is 11.3 Å². The fraction of sp³-hybridized carbons (Fsp3) is 0.859. The molecule has 15 nitrogen and oxygen atoms in total. The predicted molar refractivity (Wildman–Crippen MR) is 316 cm³/mol. The van der Waals surface area contributed by atoms with Gasteiger partial charge in [0.1, 0.15) is 24.4 Å². The molecular weight excluding hydrogens is 1000 g/mol. The van der Waals surface area contributed by atoms with E-state index < -0.39 is 73.6 Å². The summed E-state index contributed by atoms with van der Waals surface area (Å²) < 4.78 is 11.6. The van der Waals surface area contributed by atoms with Crippen LogP contribution in [0.3, 0.4) is 0 Å². The van der Waals surface area contributed by atoms with Gasteiger partial charge in [0.25, 0.3) is 0 Å². The summed E-state index contributed by atoms with van der Waals surface area (Å²) in [5, 5.41) is 103. The van der Waals surface area contributed by atoms with Gasteiger partial charge in [0, 0.05) is 29.3 Å². The quantitative estimate of drug-likeness (QED) is 0.0276. The van der Waals surface area contributed by atoms with E-state index in [1.165, 1.54) is 153 Å². The summed E-state index contributed by atoms with van der Waals surface area (Å²) in [5.74, 6) is -1.19. The number of nitrogens with one attached hydrogen (secondary N) is 3. The Hall–Kier alpha value is -2.09. The van der Waals surface area contributed by atoms with Gasteiger partial charge < -0.3 is 55.4 Å². The number of hydrogen-bond donors (Lipinski definition) is 12. The number of hydrogen-bond acceptors (Lipinski definition) is 14. The summed E-state index contributed by atoms with van der Waals surface area (Å²) in [7, 11) is 0. The maximum absolute atomic E-state index is 11.6. The summed E-state index contributed by atoms with van der Waals surface area (Å²) >= 11 is 0. The number of aliphatic hydroxyl groups is 9. The zero-order valence-electron chi connectivity index (χ0n) is 49.5. The van der Waals surface area contributed by atoms with Crippen LogP contribution in [0.4, 0.5) is 0 Å². The molecule has 2 aliphatic heterocycles. The van der Waals surface area contributed by atoms with Crippen molar-refractivity contribution in [2.45, 2.75) is 325 Å². The number of unbranched alkanes of at least 4 members (excludes halogenated alkanes) is 29. The Morgan fingerprint density at radius 2 is 1.05 bits per heavy atom. The van der Waals surface area contributed by atoms with Gasteiger partial charge in [0.2, 0.25) is 0 Å². The third kappa shape index (κ3) is 27.0. The van der Waals surface area contributed by atoms with E-state index in [-0.39, 0.29) is 25.3 Å². The van der Waals surface area contributed by atoms with Crippen molar-refractivity contribution in [1.82, 2.24) is 21.0 Å². The van der Waals surface area contributed by atoms with Crippen LogP contribution in [0, 0.1) is 5.92 Å². The second-order valence-corrected chi connectivity index (χ2v) is 24.1. The molecule has 0 bridgehead atoms. The average Bonchev–Trinajstić information content (AvgIpc) is 4.16. The number of benzene rings is 1. The lowest BCUT2D eigenvalue weighted by Gasteiger charge is -2.40. The molecule has 15 heteroatoms. The van der Waals surface area contributed by atoms with Gasteiger partial charge in [-0.15, -0.1) is 0 Å². The molecule has 0 amide bonds. The van der Waals surface area contributed by atoms with Gasteiger partial charge in [-0.3, -0.25) is 16.0 Å². The monoisotopic (exact) mass is 1120 g/mol. The first-order valence-electron chi connectivity index (χ1n) is 32.4. The standard InChI is InChI=1S/C64H116N4O11/c1-3-5-7-9-11-13-15-17-19-25-29-33-37-56(71)59(73)51(45-69)55-44-53(66-68-55)49-41-39-48(40-42-49)35-31-27-23-21-22-24-28-32-36-50-43-54(67-65-50)52(47-78-64-63(77)62(76)61(75)58(46-70)79-64)60(74)57(72)38-34-30-26-20-18-16-14-12-10-8-6-4-2/h39-42,44,50-52,54,56-65,67,69-77H,3-38,43,45-47H2,1-2H3,(H,66,68)/t50?,51-,52-,54?,56-,57-,58?,59+,60+,61?,62?,63?,64?/m1/s1. The van der Waals surface area contributed by atoms with Crippen LogP contribution in [0.2, 0.25) is 0 Å². The van der Waals surface area contributed by atoms with E-state index in [1.54, 1.807) is 0 Å². The first kappa shape index (κ1) is 69.4. The van der Waals surface area contributed by atoms with Crippen molar-refractivity contribution in [1.29, 1.82) is 0 Å². The lowest BCUT2D eigenvalue weighted by atomic mass is 9.86. The molecule has 4 rings (SSSR count). The first-order valence-corrected chi connectivity index (χ1v) is 32.4. The van der Waals surface area contributed by atoms with Crippen LogP contribution in [0.15, 0.2) is 30.3 Å². The van der Waals surface area contributed by atoms with Crippen molar-refractivity contribution in [2.24, 2.45) is 5.92 Å². The second-order valence-electron chi connectivity index (χ2n) is 24.1. The fourth-order valence-corrected chi connectivity index (χ4v) is 12.0. The molecule has 0 aliphatic carbocycles. The molecule has 2 fully saturated rings. The molecule has 2 saturated heterocycles. The maximum atomic E-state index is 11.6. The van der Waals surface area contributed by atoms with Gasteiger partial charge in [-0.1, -0.05) is 237 Å². The van der Waals surface area contributed by atoms with E-state index in [2.05, 4.69) is 59.2 Å². The van der Waals surface area contributed by atoms with Crippen LogP contribution in [-0.2, 0) is 15.9 Å². The molecular formula is C64H116N4O11. The Kier molecular flexibility index (Phi) is 37.5. The lowest BCUT2D eigenvalue weighted by molar-refractivity contribution is -0.305. The van der Waals surface area contributed by atoms with Gasteiger partial charge in [0.05, 0.1) is 55.8 Å². The molecule has 1 aromatic carbocycles. The SMILES string of the molecule is CCCCCCCCCCCCCC[C@@H](O)[C@@H](O)[C@H](CO)c1cc(-c2ccc(CCCCCCCCCCC3CC([C@@H](COC4OC(CO)C(O)C(O)C4O)[C@H](O)[C@H](O)CCCCCCCCCCCCCC)NN3)cc2)n[nH]1. The normalized spacial score (nSPS) is 23.0.